The van der Waals surface area contributed by atoms with Crippen molar-refractivity contribution in [2.75, 3.05) is 40.1 Å². The van der Waals surface area contributed by atoms with E-state index in [0.29, 0.717) is 23.1 Å². The van der Waals surface area contributed by atoms with Gasteiger partial charge in [0.1, 0.15) is 11.6 Å². The van der Waals surface area contributed by atoms with Gasteiger partial charge in [0.15, 0.2) is 11.5 Å². The van der Waals surface area contributed by atoms with Crippen LogP contribution in [-0.2, 0) is 20.1 Å². The standard InChI is InChI=1S/C22H27N5O4/c1-15-17(12-26-6-8-27(9-7-26)13-20-23-4-5-25(20)2)24-22(31-15)16-10-18(28-3)21-19(11-16)29-14-30-21/h4-5,10-11H,6-9,12-14H2,1-3H3. The van der Waals surface area contributed by atoms with Crippen molar-refractivity contribution in [1.29, 1.82) is 0 Å². The summed E-state index contributed by atoms with van der Waals surface area (Å²) in [4.78, 5) is 14.1. The zero-order chi connectivity index (χ0) is 21.4. The molecule has 1 aromatic carbocycles. The van der Waals surface area contributed by atoms with Crippen LogP contribution >= 0.6 is 0 Å². The van der Waals surface area contributed by atoms with Crippen LogP contribution in [0.3, 0.4) is 0 Å². The second kappa shape index (κ2) is 8.24. The van der Waals surface area contributed by atoms with Crippen LogP contribution in [0.25, 0.3) is 11.5 Å². The van der Waals surface area contributed by atoms with E-state index in [1.54, 1.807) is 7.11 Å². The highest BCUT2D eigenvalue weighted by atomic mass is 16.7. The van der Waals surface area contributed by atoms with Gasteiger partial charge in [-0.05, 0) is 19.1 Å². The van der Waals surface area contributed by atoms with Crippen molar-refractivity contribution in [2.45, 2.75) is 20.0 Å². The van der Waals surface area contributed by atoms with Crippen molar-refractivity contribution in [2.24, 2.45) is 7.05 Å². The Hall–Kier alpha value is -3.04. The highest BCUT2D eigenvalue weighted by molar-refractivity contribution is 5.66. The fraction of sp³-hybridized carbons (Fsp3) is 0.455. The number of fused-ring (bicyclic) bond motifs is 1. The van der Waals surface area contributed by atoms with Crippen LogP contribution in [0.4, 0.5) is 0 Å². The largest absolute Gasteiger partial charge is 0.493 e. The van der Waals surface area contributed by atoms with E-state index in [1.807, 2.05) is 38.5 Å². The molecule has 2 aliphatic rings. The van der Waals surface area contributed by atoms with E-state index < -0.39 is 0 Å². The Labute approximate surface area is 181 Å². The number of nitrogens with zero attached hydrogens (tertiary/aromatic N) is 5. The van der Waals surface area contributed by atoms with Crippen molar-refractivity contribution >= 4 is 0 Å². The number of hydrogen-bond acceptors (Lipinski definition) is 8. The molecule has 9 nitrogen and oxygen atoms in total. The summed E-state index contributed by atoms with van der Waals surface area (Å²) >= 11 is 0. The maximum atomic E-state index is 5.99. The second-order valence-electron chi connectivity index (χ2n) is 7.94. The number of oxazole rings is 1. The average Bonchev–Trinajstić information content (AvgIpc) is 3.50. The van der Waals surface area contributed by atoms with E-state index in [4.69, 9.17) is 23.6 Å². The predicted molar refractivity (Wildman–Crippen MR) is 113 cm³/mol. The van der Waals surface area contributed by atoms with Crippen LogP contribution in [0.2, 0.25) is 0 Å². The number of methoxy groups -OCH3 is 1. The molecule has 0 N–H and O–H groups in total. The minimum atomic E-state index is 0.192. The number of piperazine rings is 1. The lowest BCUT2D eigenvalue weighted by Gasteiger charge is -2.34. The monoisotopic (exact) mass is 425 g/mol. The molecule has 0 saturated carbocycles. The summed E-state index contributed by atoms with van der Waals surface area (Å²) in [6.07, 6.45) is 3.85. The molecular weight excluding hydrogens is 398 g/mol. The molecule has 4 heterocycles. The van der Waals surface area contributed by atoms with Crippen LogP contribution in [-0.4, -0.2) is 64.4 Å². The van der Waals surface area contributed by atoms with E-state index in [-0.39, 0.29) is 6.79 Å². The first-order chi connectivity index (χ1) is 15.1. The van der Waals surface area contributed by atoms with Gasteiger partial charge < -0.3 is 23.2 Å². The van der Waals surface area contributed by atoms with Crippen LogP contribution < -0.4 is 14.2 Å². The molecule has 0 bridgehead atoms. The molecule has 0 atom stereocenters. The first-order valence-electron chi connectivity index (χ1n) is 10.5. The summed E-state index contributed by atoms with van der Waals surface area (Å²) in [5.41, 5.74) is 1.78. The summed E-state index contributed by atoms with van der Waals surface area (Å²) in [5.74, 6) is 4.39. The number of ether oxygens (including phenoxy) is 3. The Kier molecular flexibility index (Phi) is 5.29. The fourth-order valence-corrected chi connectivity index (χ4v) is 4.02. The van der Waals surface area contributed by atoms with Gasteiger partial charge in [-0.25, -0.2) is 9.97 Å². The van der Waals surface area contributed by atoms with Gasteiger partial charge in [-0.2, -0.15) is 0 Å². The number of hydrogen-bond donors (Lipinski definition) is 0. The van der Waals surface area contributed by atoms with E-state index in [1.165, 1.54) is 0 Å². The Bertz CT molecular complexity index is 1070. The summed E-state index contributed by atoms with van der Waals surface area (Å²) < 4.78 is 24.5. The van der Waals surface area contributed by atoms with Crippen molar-refractivity contribution in [3.63, 3.8) is 0 Å². The zero-order valence-electron chi connectivity index (χ0n) is 18.1. The lowest BCUT2D eigenvalue weighted by Crippen LogP contribution is -2.45. The smallest absolute Gasteiger partial charge is 0.231 e. The second-order valence-corrected chi connectivity index (χ2v) is 7.94. The number of aryl methyl sites for hydroxylation is 2. The van der Waals surface area contributed by atoms with Gasteiger partial charge in [-0.3, -0.25) is 9.80 Å². The van der Waals surface area contributed by atoms with Crippen molar-refractivity contribution in [1.82, 2.24) is 24.3 Å². The third-order valence-electron chi connectivity index (χ3n) is 5.92. The van der Waals surface area contributed by atoms with Crippen LogP contribution in [0.1, 0.15) is 17.3 Å². The van der Waals surface area contributed by atoms with E-state index in [0.717, 1.165) is 62.1 Å². The third-order valence-corrected chi connectivity index (χ3v) is 5.92. The maximum Gasteiger partial charge on any atom is 0.231 e. The van der Waals surface area contributed by atoms with Gasteiger partial charge in [0.2, 0.25) is 18.4 Å². The van der Waals surface area contributed by atoms with Gasteiger partial charge in [0, 0.05) is 57.7 Å². The van der Waals surface area contributed by atoms with Gasteiger partial charge >= 0.3 is 0 Å². The SMILES string of the molecule is COc1cc(-c2nc(CN3CCN(Cc4nccn4C)CC3)c(C)o2)cc2c1OCO2. The molecule has 31 heavy (non-hydrogen) atoms. The summed E-state index contributed by atoms with van der Waals surface area (Å²) in [5, 5.41) is 0. The van der Waals surface area contributed by atoms with Gasteiger partial charge in [0.25, 0.3) is 0 Å². The lowest BCUT2D eigenvalue weighted by molar-refractivity contribution is 0.118. The molecule has 1 saturated heterocycles. The molecule has 2 aromatic heterocycles. The number of rotatable bonds is 6. The summed E-state index contributed by atoms with van der Waals surface area (Å²) in [7, 11) is 3.65. The number of benzene rings is 1. The Balaban J connectivity index is 1.25. The van der Waals surface area contributed by atoms with Crippen LogP contribution in [0.5, 0.6) is 17.2 Å². The minimum absolute atomic E-state index is 0.192. The van der Waals surface area contributed by atoms with Crippen LogP contribution in [0, 0.1) is 6.92 Å². The molecule has 1 fully saturated rings. The number of aromatic nitrogens is 3. The highest BCUT2D eigenvalue weighted by Crippen LogP contribution is 2.44. The number of imidazole rings is 1. The summed E-state index contributed by atoms with van der Waals surface area (Å²) in [6.45, 7) is 7.81. The Morgan fingerprint density at radius 2 is 1.84 bits per heavy atom. The lowest BCUT2D eigenvalue weighted by atomic mass is 10.2. The van der Waals surface area contributed by atoms with Gasteiger partial charge in [-0.15, -0.1) is 0 Å². The molecule has 0 amide bonds. The van der Waals surface area contributed by atoms with Crippen molar-refractivity contribution in [3.8, 4) is 28.7 Å². The molecule has 0 aliphatic carbocycles. The Morgan fingerprint density at radius 1 is 1.06 bits per heavy atom. The van der Waals surface area contributed by atoms with Crippen LogP contribution in [0.15, 0.2) is 28.9 Å². The molecular formula is C22H27N5O4. The molecule has 0 radical (unpaired) electrons. The molecule has 9 heteroatoms. The van der Waals surface area contributed by atoms with Crippen molar-refractivity contribution in [3.05, 3.63) is 41.8 Å². The molecule has 3 aromatic rings. The van der Waals surface area contributed by atoms with Gasteiger partial charge in [-0.1, -0.05) is 0 Å². The first-order valence-corrected chi connectivity index (χ1v) is 10.5. The molecule has 2 aliphatic heterocycles. The molecule has 164 valence electrons. The van der Waals surface area contributed by atoms with E-state index >= 15 is 0 Å². The predicted octanol–water partition coefficient (Wildman–Crippen LogP) is 2.44. The first kappa shape index (κ1) is 19.9. The fourth-order valence-electron chi connectivity index (χ4n) is 4.02. The topological polar surface area (TPSA) is 78.0 Å². The van der Waals surface area contributed by atoms with E-state index in [2.05, 4.69) is 19.4 Å². The summed E-state index contributed by atoms with van der Waals surface area (Å²) in [6, 6.07) is 3.76. The van der Waals surface area contributed by atoms with Crippen molar-refractivity contribution < 1.29 is 18.6 Å². The highest BCUT2D eigenvalue weighted by Gasteiger charge is 2.24. The molecule has 0 unspecified atom stereocenters. The zero-order valence-corrected chi connectivity index (χ0v) is 18.1. The molecule has 5 rings (SSSR count). The van der Waals surface area contributed by atoms with Gasteiger partial charge in [0.05, 0.1) is 19.3 Å². The Morgan fingerprint density at radius 3 is 2.55 bits per heavy atom. The minimum Gasteiger partial charge on any atom is -0.493 e. The maximum absolute atomic E-state index is 5.99. The third kappa shape index (κ3) is 3.98. The van der Waals surface area contributed by atoms with E-state index in [9.17, 15) is 0 Å². The molecule has 0 spiro atoms. The average molecular weight is 425 g/mol. The quantitative estimate of drug-likeness (QED) is 0.596. The normalized spacial score (nSPS) is 16.7.